The van der Waals surface area contributed by atoms with Gasteiger partial charge in [-0.3, -0.25) is 0 Å². The first kappa shape index (κ1) is 15.2. The fourth-order valence-electron chi connectivity index (χ4n) is 2.46. The summed E-state index contributed by atoms with van der Waals surface area (Å²) < 4.78 is 36.0. The Labute approximate surface area is 106 Å². The van der Waals surface area contributed by atoms with Crippen LogP contribution in [0.25, 0.3) is 0 Å². The van der Waals surface area contributed by atoms with Crippen LogP contribution in [0.4, 0.5) is 13.2 Å². The minimum Gasteiger partial charge on any atom is -0.310 e. The van der Waals surface area contributed by atoms with E-state index in [1.165, 1.54) is 12.8 Å². The predicted molar refractivity (Wildman–Crippen MR) is 67.4 cm³/mol. The molecule has 1 rings (SSSR count). The van der Waals surface area contributed by atoms with Crippen molar-refractivity contribution in [2.24, 2.45) is 0 Å². The molecule has 102 valence electrons. The first-order valence-corrected chi connectivity index (χ1v) is 7.57. The molecule has 0 amide bonds. The second-order valence-electron chi connectivity index (χ2n) is 4.89. The van der Waals surface area contributed by atoms with E-state index in [1.807, 2.05) is 18.7 Å². The van der Waals surface area contributed by atoms with Crippen LogP contribution in [0, 0.1) is 0 Å². The van der Waals surface area contributed by atoms with Gasteiger partial charge in [-0.1, -0.05) is 6.42 Å². The van der Waals surface area contributed by atoms with Crippen LogP contribution >= 0.6 is 11.8 Å². The van der Waals surface area contributed by atoms with Crippen molar-refractivity contribution < 1.29 is 13.2 Å². The SMILES string of the molecule is CSC1CCCC1NC(C)CCCC(F)(F)F. The van der Waals surface area contributed by atoms with Gasteiger partial charge in [-0.2, -0.15) is 24.9 Å². The molecule has 17 heavy (non-hydrogen) atoms. The van der Waals surface area contributed by atoms with E-state index in [0.29, 0.717) is 17.7 Å². The average Bonchev–Trinajstić information content (AvgIpc) is 2.63. The number of halogens is 3. The molecule has 3 atom stereocenters. The summed E-state index contributed by atoms with van der Waals surface area (Å²) in [5.41, 5.74) is 0. The summed E-state index contributed by atoms with van der Waals surface area (Å²) in [7, 11) is 0. The largest absolute Gasteiger partial charge is 0.389 e. The molecule has 0 aromatic heterocycles. The molecule has 1 aliphatic rings. The van der Waals surface area contributed by atoms with Crippen LogP contribution < -0.4 is 5.32 Å². The molecule has 1 saturated carbocycles. The smallest absolute Gasteiger partial charge is 0.310 e. The Balaban J connectivity index is 2.18. The summed E-state index contributed by atoms with van der Waals surface area (Å²) in [6, 6.07) is 0.681. The third-order valence-corrected chi connectivity index (χ3v) is 4.52. The molecule has 0 saturated heterocycles. The molecule has 0 spiro atoms. The van der Waals surface area contributed by atoms with Crippen LogP contribution in [0.15, 0.2) is 0 Å². The highest BCUT2D eigenvalue weighted by Gasteiger charge is 2.29. The minimum absolute atomic E-state index is 0.190. The summed E-state index contributed by atoms with van der Waals surface area (Å²) in [6.45, 7) is 1.99. The van der Waals surface area contributed by atoms with E-state index in [0.717, 1.165) is 6.42 Å². The van der Waals surface area contributed by atoms with Gasteiger partial charge in [0, 0.05) is 23.8 Å². The summed E-state index contributed by atoms with van der Waals surface area (Å²) in [4.78, 5) is 0. The maximum Gasteiger partial charge on any atom is 0.389 e. The molecule has 5 heteroatoms. The molecular weight excluding hydrogens is 247 g/mol. The topological polar surface area (TPSA) is 12.0 Å². The van der Waals surface area contributed by atoms with Gasteiger partial charge in [0.1, 0.15) is 0 Å². The fraction of sp³-hybridized carbons (Fsp3) is 1.00. The summed E-state index contributed by atoms with van der Waals surface area (Å²) in [5.74, 6) is 0. The Bertz CT molecular complexity index is 220. The Morgan fingerprint density at radius 2 is 2.06 bits per heavy atom. The van der Waals surface area contributed by atoms with Gasteiger partial charge in [0.2, 0.25) is 0 Å². The molecule has 0 heterocycles. The minimum atomic E-state index is -4.01. The van der Waals surface area contributed by atoms with E-state index < -0.39 is 12.6 Å². The molecular formula is C12H22F3NS. The molecule has 0 bridgehead atoms. The van der Waals surface area contributed by atoms with E-state index in [9.17, 15) is 13.2 Å². The van der Waals surface area contributed by atoms with Crippen molar-refractivity contribution in [3.05, 3.63) is 0 Å². The second kappa shape index (κ2) is 6.88. The monoisotopic (exact) mass is 269 g/mol. The molecule has 0 aliphatic heterocycles. The number of nitrogens with one attached hydrogen (secondary N) is 1. The highest BCUT2D eigenvalue weighted by atomic mass is 32.2. The van der Waals surface area contributed by atoms with Crippen LogP contribution in [-0.2, 0) is 0 Å². The highest BCUT2D eigenvalue weighted by molar-refractivity contribution is 7.99. The van der Waals surface area contributed by atoms with E-state index >= 15 is 0 Å². The van der Waals surface area contributed by atoms with E-state index in [2.05, 4.69) is 11.6 Å². The maximum absolute atomic E-state index is 12.0. The molecule has 0 aromatic carbocycles. The average molecular weight is 269 g/mol. The molecule has 3 unspecified atom stereocenters. The van der Waals surface area contributed by atoms with Crippen molar-refractivity contribution in [1.29, 1.82) is 0 Å². The number of alkyl halides is 3. The van der Waals surface area contributed by atoms with Crippen LogP contribution in [0.5, 0.6) is 0 Å². The Hall–Kier alpha value is 0.100. The molecule has 1 N–H and O–H groups in total. The number of hydrogen-bond donors (Lipinski definition) is 1. The molecule has 1 fully saturated rings. The fourth-order valence-corrected chi connectivity index (χ4v) is 3.40. The second-order valence-corrected chi connectivity index (χ2v) is 5.96. The van der Waals surface area contributed by atoms with Gasteiger partial charge in [0.25, 0.3) is 0 Å². The number of hydrogen-bond acceptors (Lipinski definition) is 2. The van der Waals surface area contributed by atoms with Crippen LogP contribution in [0.3, 0.4) is 0 Å². The summed E-state index contributed by atoms with van der Waals surface area (Å²) in [5, 5.41) is 4.12. The lowest BCUT2D eigenvalue weighted by atomic mass is 10.1. The third-order valence-electron chi connectivity index (χ3n) is 3.35. The Morgan fingerprint density at radius 1 is 1.35 bits per heavy atom. The zero-order valence-corrected chi connectivity index (χ0v) is 11.3. The lowest BCUT2D eigenvalue weighted by Crippen LogP contribution is -2.40. The maximum atomic E-state index is 12.0. The first-order chi connectivity index (χ1) is 7.92. The van der Waals surface area contributed by atoms with Gasteiger partial charge in [-0.05, 0) is 38.9 Å². The third kappa shape index (κ3) is 6.00. The van der Waals surface area contributed by atoms with E-state index in [-0.39, 0.29) is 12.5 Å². The van der Waals surface area contributed by atoms with Gasteiger partial charge >= 0.3 is 6.18 Å². The number of thioether (sulfide) groups is 1. The Morgan fingerprint density at radius 3 is 2.65 bits per heavy atom. The lowest BCUT2D eigenvalue weighted by molar-refractivity contribution is -0.135. The standard InChI is InChI=1S/C12H22F3NS/c1-9(5-4-8-12(13,14)15)16-10-6-3-7-11(10)17-2/h9-11,16H,3-8H2,1-2H3. The van der Waals surface area contributed by atoms with Crippen molar-refractivity contribution in [2.75, 3.05) is 6.26 Å². The number of rotatable bonds is 6. The van der Waals surface area contributed by atoms with E-state index in [1.54, 1.807) is 0 Å². The van der Waals surface area contributed by atoms with Gasteiger partial charge in [-0.25, -0.2) is 0 Å². The zero-order valence-electron chi connectivity index (χ0n) is 10.5. The van der Waals surface area contributed by atoms with Crippen molar-refractivity contribution in [3.8, 4) is 0 Å². The predicted octanol–water partition coefficient (Wildman–Crippen LogP) is 3.98. The van der Waals surface area contributed by atoms with E-state index in [4.69, 9.17) is 0 Å². The van der Waals surface area contributed by atoms with Gasteiger partial charge in [-0.15, -0.1) is 0 Å². The highest BCUT2D eigenvalue weighted by Crippen LogP contribution is 2.29. The van der Waals surface area contributed by atoms with Crippen LogP contribution in [0.2, 0.25) is 0 Å². The van der Waals surface area contributed by atoms with Gasteiger partial charge < -0.3 is 5.32 Å². The lowest BCUT2D eigenvalue weighted by Gasteiger charge is -2.24. The molecule has 1 nitrogen and oxygen atoms in total. The summed E-state index contributed by atoms with van der Waals surface area (Å²) >= 11 is 1.87. The van der Waals surface area contributed by atoms with Gasteiger partial charge in [0.05, 0.1) is 0 Å². The Kier molecular flexibility index (Phi) is 6.13. The van der Waals surface area contributed by atoms with Gasteiger partial charge in [0.15, 0.2) is 0 Å². The molecule has 0 aromatic rings. The summed E-state index contributed by atoms with van der Waals surface area (Å²) in [6.07, 6.45) is 1.91. The zero-order chi connectivity index (χ0) is 12.9. The first-order valence-electron chi connectivity index (χ1n) is 6.28. The quantitative estimate of drug-likeness (QED) is 0.782. The molecule has 0 radical (unpaired) electrons. The van der Waals surface area contributed by atoms with Crippen molar-refractivity contribution in [2.45, 2.75) is 69.0 Å². The van der Waals surface area contributed by atoms with Crippen molar-refractivity contribution in [1.82, 2.24) is 5.32 Å². The van der Waals surface area contributed by atoms with Crippen molar-refractivity contribution >= 4 is 11.8 Å². The van der Waals surface area contributed by atoms with Crippen LogP contribution in [-0.4, -0.2) is 29.8 Å². The van der Waals surface area contributed by atoms with Crippen LogP contribution in [0.1, 0.15) is 45.4 Å². The van der Waals surface area contributed by atoms with Crippen molar-refractivity contribution in [3.63, 3.8) is 0 Å². The molecule has 1 aliphatic carbocycles. The normalized spacial score (nSPS) is 27.4.